The van der Waals surface area contributed by atoms with Gasteiger partial charge in [0.1, 0.15) is 0 Å². The summed E-state index contributed by atoms with van der Waals surface area (Å²) in [5.74, 6) is 1.81. The van der Waals surface area contributed by atoms with Gasteiger partial charge in [-0.2, -0.15) is 0 Å². The number of nitrogens with zero attached hydrogens (tertiary/aromatic N) is 1. The summed E-state index contributed by atoms with van der Waals surface area (Å²) in [5.41, 5.74) is 0.389. The first-order valence-corrected chi connectivity index (χ1v) is 7.49. The maximum Gasteiger partial charge on any atom is 0.0174 e. The average Bonchev–Trinajstić information content (AvgIpc) is 2.34. The highest BCUT2D eigenvalue weighted by atomic mass is 15.2. The molecular weight excluding hydrogens is 208 g/mol. The molecule has 0 spiro atoms. The smallest absolute Gasteiger partial charge is 0.0174 e. The lowest BCUT2D eigenvalue weighted by Crippen LogP contribution is -2.54. The largest absolute Gasteiger partial charge is 0.314 e. The molecule has 1 heterocycles. The Bertz CT molecular complexity index is 243. The second kappa shape index (κ2) is 5.27. The molecule has 3 unspecified atom stereocenters. The molecule has 0 amide bonds. The van der Waals surface area contributed by atoms with Gasteiger partial charge >= 0.3 is 0 Å². The zero-order chi connectivity index (χ0) is 12.5. The maximum absolute atomic E-state index is 3.50. The SMILES string of the molecule is CNC1(C)CCN(C2CCCC(C)C2C)CC1. The zero-order valence-electron chi connectivity index (χ0n) is 12.1. The number of piperidine rings is 1. The lowest BCUT2D eigenvalue weighted by molar-refractivity contribution is 0.0430. The summed E-state index contributed by atoms with van der Waals surface area (Å²) in [6.07, 6.45) is 6.93. The number of nitrogens with one attached hydrogen (secondary N) is 1. The molecule has 3 atom stereocenters. The van der Waals surface area contributed by atoms with E-state index in [1.54, 1.807) is 0 Å². The molecule has 0 aromatic carbocycles. The molecule has 100 valence electrons. The van der Waals surface area contributed by atoms with Crippen LogP contribution in [-0.2, 0) is 0 Å². The minimum absolute atomic E-state index is 0.389. The number of likely N-dealkylation sites (tertiary alicyclic amines) is 1. The van der Waals surface area contributed by atoms with Crippen molar-refractivity contribution in [3.05, 3.63) is 0 Å². The van der Waals surface area contributed by atoms with E-state index in [4.69, 9.17) is 0 Å². The zero-order valence-corrected chi connectivity index (χ0v) is 12.1. The molecule has 1 aliphatic heterocycles. The van der Waals surface area contributed by atoms with E-state index in [9.17, 15) is 0 Å². The Morgan fingerprint density at radius 3 is 2.35 bits per heavy atom. The number of hydrogen-bond acceptors (Lipinski definition) is 2. The van der Waals surface area contributed by atoms with Gasteiger partial charge < -0.3 is 5.32 Å². The van der Waals surface area contributed by atoms with E-state index in [-0.39, 0.29) is 0 Å². The van der Waals surface area contributed by atoms with Gasteiger partial charge in [0.25, 0.3) is 0 Å². The highest BCUT2D eigenvalue weighted by molar-refractivity contribution is 4.93. The van der Waals surface area contributed by atoms with Crippen molar-refractivity contribution in [1.82, 2.24) is 10.2 Å². The molecular formula is C15H30N2. The third-order valence-corrected chi connectivity index (χ3v) is 5.64. The first-order valence-electron chi connectivity index (χ1n) is 7.49. The van der Waals surface area contributed by atoms with Crippen LogP contribution >= 0.6 is 0 Å². The fourth-order valence-electron chi connectivity index (χ4n) is 3.67. The molecule has 2 heteroatoms. The number of hydrogen-bond donors (Lipinski definition) is 1. The molecule has 2 nitrogen and oxygen atoms in total. The molecule has 1 saturated heterocycles. The summed E-state index contributed by atoms with van der Waals surface area (Å²) in [7, 11) is 2.11. The Hall–Kier alpha value is -0.0800. The fraction of sp³-hybridized carbons (Fsp3) is 1.00. The van der Waals surface area contributed by atoms with Gasteiger partial charge in [0.2, 0.25) is 0 Å². The normalized spacial score (nSPS) is 39.2. The van der Waals surface area contributed by atoms with Crippen molar-refractivity contribution in [1.29, 1.82) is 0 Å². The highest BCUT2D eigenvalue weighted by Gasteiger charge is 2.36. The van der Waals surface area contributed by atoms with E-state index in [0.717, 1.165) is 17.9 Å². The van der Waals surface area contributed by atoms with Gasteiger partial charge in [0, 0.05) is 24.7 Å². The van der Waals surface area contributed by atoms with Gasteiger partial charge in [0.15, 0.2) is 0 Å². The van der Waals surface area contributed by atoms with Gasteiger partial charge in [-0.3, -0.25) is 4.90 Å². The number of rotatable bonds is 2. The first-order chi connectivity index (χ1) is 8.06. The van der Waals surface area contributed by atoms with Gasteiger partial charge in [-0.25, -0.2) is 0 Å². The van der Waals surface area contributed by atoms with Gasteiger partial charge in [-0.1, -0.05) is 26.7 Å². The average molecular weight is 238 g/mol. The Balaban J connectivity index is 1.92. The van der Waals surface area contributed by atoms with Crippen LogP contribution in [-0.4, -0.2) is 36.6 Å². The third-order valence-electron chi connectivity index (χ3n) is 5.64. The molecule has 1 saturated carbocycles. The first kappa shape index (κ1) is 13.4. The van der Waals surface area contributed by atoms with Crippen molar-refractivity contribution in [3.8, 4) is 0 Å². The summed E-state index contributed by atoms with van der Waals surface area (Å²) in [5, 5.41) is 3.50. The van der Waals surface area contributed by atoms with E-state index in [1.165, 1.54) is 45.2 Å². The van der Waals surface area contributed by atoms with Gasteiger partial charge in [0.05, 0.1) is 0 Å². The molecule has 0 bridgehead atoms. The minimum Gasteiger partial charge on any atom is -0.314 e. The second-order valence-electron chi connectivity index (χ2n) is 6.68. The van der Waals surface area contributed by atoms with Crippen molar-refractivity contribution in [2.45, 2.75) is 64.5 Å². The topological polar surface area (TPSA) is 15.3 Å². The standard InChI is InChI=1S/C15H30N2/c1-12-6-5-7-14(13(12)2)17-10-8-15(3,16-4)9-11-17/h12-14,16H,5-11H2,1-4H3. The van der Waals surface area contributed by atoms with Crippen molar-refractivity contribution in [2.24, 2.45) is 11.8 Å². The predicted octanol–water partition coefficient (Wildman–Crippen LogP) is 2.89. The fourth-order valence-corrected chi connectivity index (χ4v) is 3.67. The summed E-state index contributed by atoms with van der Waals surface area (Å²) < 4.78 is 0. The van der Waals surface area contributed by atoms with Crippen molar-refractivity contribution < 1.29 is 0 Å². The van der Waals surface area contributed by atoms with Gasteiger partial charge in [-0.05, 0) is 45.1 Å². The molecule has 17 heavy (non-hydrogen) atoms. The Kier molecular flexibility index (Phi) is 4.14. The van der Waals surface area contributed by atoms with Crippen LogP contribution < -0.4 is 5.32 Å². The van der Waals surface area contributed by atoms with Crippen molar-refractivity contribution >= 4 is 0 Å². The third kappa shape index (κ3) is 2.85. The van der Waals surface area contributed by atoms with Crippen LogP contribution in [0.4, 0.5) is 0 Å². The van der Waals surface area contributed by atoms with Crippen LogP contribution in [0.1, 0.15) is 52.9 Å². The molecule has 0 radical (unpaired) electrons. The minimum atomic E-state index is 0.389. The molecule has 1 aliphatic carbocycles. The molecule has 1 N–H and O–H groups in total. The second-order valence-corrected chi connectivity index (χ2v) is 6.68. The van der Waals surface area contributed by atoms with Crippen molar-refractivity contribution in [3.63, 3.8) is 0 Å². The van der Waals surface area contributed by atoms with Crippen LogP contribution in [0.5, 0.6) is 0 Å². The van der Waals surface area contributed by atoms with E-state index in [2.05, 4.69) is 38.0 Å². The van der Waals surface area contributed by atoms with E-state index < -0.39 is 0 Å². The summed E-state index contributed by atoms with van der Waals surface area (Å²) in [6.45, 7) is 9.87. The lowest BCUT2D eigenvalue weighted by Gasteiger charge is -2.47. The Labute approximate surface area is 107 Å². The van der Waals surface area contributed by atoms with Gasteiger partial charge in [-0.15, -0.1) is 0 Å². The van der Waals surface area contributed by atoms with Crippen LogP contribution in [0.3, 0.4) is 0 Å². The molecule has 2 fully saturated rings. The molecule has 2 rings (SSSR count). The van der Waals surface area contributed by atoms with Crippen molar-refractivity contribution in [2.75, 3.05) is 20.1 Å². The van der Waals surface area contributed by atoms with Crippen LogP contribution in [0, 0.1) is 11.8 Å². The molecule has 0 aromatic rings. The van der Waals surface area contributed by atoms with E-state index in [1.807, 2.05) is 0 Å². The van der Waals surface area contributed by atoms with E-state index >= 15 is 0 Å². The van der Waals surface area contributed by atoms with E-state index in [0.29, 0.717) is 5.54 Å². The Morgan fingerprint density at radius 2 is 1.76 bits per heavy atom. The summed E-state index contributed by atoms with van der Waals surface area (Å²) >= 11 is 0. The maximum atomic E-state index is 3.50. The van der Waals surface area contributed by atoms with Crippen LogP contribution in [0.25, 0.3) is 0 Å². The quantitative estimate of drug-likeness (QED) is 0.796. The van der Waals surface area contributed by atoms with Crippen LogP contribution in [0.15, 0.2) is 0 Å². The molecule has 0 aromatic heterocycles. The van der Waals surface area contributed by atoms with Crippen LogP contribution in [0.2, 0.25) is 0 Å². The Morgan fingerprint density at radius 1 is 1.12 bits per heavy atom. The predicted molar refractivity (Wildman–Crippen MR) is 74.2 cm³/mol. The highest BCUT2D eigenvalue weighted by Crippen LogP contribution is 2.35. The monoisotopic (exact) mass is 238 g/mol. The summed E-state index contributed by atoms with van der Waals surface area (Å²) in [6, 6.07) is 0.861. The summed E-state index contributed by atoms with van der Waals surface area (Å²) in [4.78, 5) is 2.78. The molecule has 2 aliphatic rings. The lowest BCUT2D eigenvalue weighted by atomic mass is 9.76.